The van der Waals surface area contributed by atoms with Gasteiger partial charge in [-0.15, -0.1) is 0 Å². The summed E-state index contributed by atoms with van der Waals surface area (Å²) in [5.41, 5.74) is 6.33. The highest BCUT2D eigenvalue weighted by Crippen LogP contribution is 2.34. The van der Waals surface area contributed by atoms with Crippen LogP contribution in [-0.4, -0.2) is 14.5 Å². The summed E-state index contributed by atoms with van der Waals surface area (Å²) in [6.45, 7) is 0. The first kappa shape index (κ1) is 11.3. The van der Waals surface area contributed by atoms with E-state index in [9.17, 15) is 4.79 Å². The molecule has 0 bridgehead atoms. The van der Waals surface area contributed by atoms with E-state index in [0.29, 0.717) is 16.8 Å². The zero-order chi connectivity index (χ0) is 12.5. The van der Waals surface area contributed by atoms with E-state index in [1.807, 2.05) is 0 Å². The van der Waals surface area contributed by atoms with Crippen molar-refractivity contribution in [2.75, 3.05) is 5.73 Å². The second kappa shape index (κ2) is 4.45. The normalized spacial score (nSPS) is 14.7. The lowest BCUT2D eigenvalue weighted by Crippen LogP contribution is -2.20. The molecule has 2 heterocycles. The zero-order valence-electron chi connectivity index (χ0n) is 9.61. The Hall–Kier alpha value is -1.82. The Balaban J connectivity index is 1.96. The molecule has 0 radical (unpaired) electrons. The molecule has 0 amide bonds. The number of hydrogen-bond donors (Lipinski definition) is 1. The summed E-state index contributed by atoms with van der Waals surface area (Å²) in [6.07, 6.45) is 8.79. The van der Waals surface area contributed by atoms with E-state index in [4.69, 9.17) is 5.73 Å². The van der Waals surface area contributed by atoms with Crippen LogP contribution in [0.2, 0.25) is 0 Å². The fraction of sp³-hybridized carbons (Fsp3) is 0.250. The fourth-order valence-electron chi connectivity index (χ4n) is 1.71. The Morgan fingerprint density at radius 3 is 2.94 bits per heavy atom. The van der Waals surface area contributed by atoms with Crippen LogP contribution in [0.4, 0.5) is 5.69 Å². The number of pyridine rings is 1. The Morgan fingerprint density at radius 2 is 2.22 bits per heavy atom. The molecule has 92 valence electrons. The highest BCUT2D eigenvalue weighted by atomic mass is 32.2. The van der Waals surface area contributed by atoms with E-state index in [2.05, 4.69) is 9.97 Å². The van der Waals surface area contributed by atoms with Gasteiger partial charge in [-0.2, -0.15) is 0 Å². The molecule has 2 N–H and O–H groups in total. The van der Waals surface area contributed by atoms with E-state index in [1.54, 1.807) is 35.4 Å². The van der Waals surface area contributed by atoms with Crippen LogP contribution < -0.4 is 11.3 Å². The molecule has 1 aliphatic rings. The molecular formula is C12H12N4OS. The number of hydrogen-bond acceptors (Lipinski definition) is 5. The first-order chi connectivity index (χ1) is 8.75. The number of nitrogens with two attached hydrogens (primary N) is 1. The molecule has 2 aromatic heterocycles. The van der Waals surface area contributed by atoms with Crippen LogP contribution in [0.25, 0.3) is 0 Å². The third-order valence-electron chi connectivity index (χ3n) is 2.79. The predicted molar refractivity (Wildman–Crippen MR) is 69.5 cm³/mol. The van der Waals surface area contributed by atoms with Crippen molar-refractivity contribution in [1.82, 2.24) is 14.5 Å². The molecule has 1 saturated carbocycles. The van der Waals surface area contributed by atoms with Gasteiger partial charge in [-0.3, -0.25) is 9.78 Å². The maximum Gasteiger partial charge on any atom is 0.283 e. The number of aromatic nitrogens is 3. The fourth-order valence-corrected chi connectivity index (χ4v) is 2.52. The minimum atomic E-state index is -0.0405. The second-order valence-corrected chi connectivity index (χ2v) is 5.22. The van der Waals surface area contributed by atoms with E-state index >= 15 is 0 Å². The Bertz CT molecular complexity index is 636. The number of rotatable bonds is 3. The first-order valence-corrected chi connectivity index (χ1v) is 6.52. The summed E-state index contributed by atoms with van der Waals surface area (Å²) in [7, 11) is 0. The summed E-state index contributed by atoms with van der Waals surface area (Å²) in [5.74, 6) is 0. The molecule has 1 aliphatic carbocycles. The quantitative estimate of drug-likeness (QED) is 0.909. The molecule has 18 heavy (non-hydrogen) atoms. The minimum absolute atomic E-state index is 0.0405. The molecule has 0 atom stereocenters. The highest BCUT2D eigenvalue weighted by molar-refractivity contribution is 7.99. The van der Waals surface area contributed by atoms with Crippen LogP contribution in [0.5, 0.6) is 0 Å². The van der Waals surface area contributed by atoms with E-state index in [0.717, 1.165) is 17.7 Å². The molecule has 0 unspecified atom stereocenters. The van der Waals surface area contributed by atoms with Crippen LogP contribution in [0.1, 0.15) is 18.9 Å². The maximum atomic E-state index is 12.2. The van der Waals surface area contributed by atoms with Gasteiger partial charge < -0.3 is 10.3 Å². The average Bonchev–Trinajstić information content (AvgIpc) is 3.19. The van der Waals surface area contributed by atoms with Crippen molar-refractivity contribution in [2.24, 2.45) is 0 Å². The lowest BCUT2D eigenvalue weighted by atomic mass is 10.4. The van der Waals surface area contributed by atoms with Crippen molar-refractivity contribution in [3.05, 3.63) is 41.2 Å². The average molecular weight is 260 g/mol. The molecule has 3 rings (SSSR count). The van der Waals surface area contributed by atoms with Crippen molar-refractivity contribution in [3.63, 3.8) is 0 Å². The van der Waals surface area contributed by atoms with Gasteiger partial charge in [0.2, 0.25) is 0 Å². The summed E-state index contributed by atoms with van der Waals surface area (Å²) in [5, 5.41) is 0.460. The molecule has 0 spiro atoms. The number of anilines is 1. The molecule has 5 nitrogen and oxygen atoms in total. The van der Waals surface area contributed by atoms with E-state index in [-0.39, 0.29) is 5.56 Å². The Kier molecular flexibility index (Phi) is 2.79. The van der Waals surface area contributed by atoms with Crippen LogP contribution in [0, 0.1) is 0 Å². The van der Waals surface area contributed by atoms with Gasteiger partial charge in [0.25, 0.3) is 5.56 Å². The van der Waals surface area contributed by atoms with Gasteiger partial charge in [-0.1, -0.05) is 11.8 Å². The summed E-state index contributed by atoms with van der Waals surface area (Å²) in [6, 6.07) is 2.14. The van der Waals surface area contributed by atoms with Crippen molar-refractivity contribution in [3.8, 4) is 0 Å². The van der Waals surface area contributed by atoms with Crippen molar-refractivity contribution in [2.45, 2.75) is 28.8 Å². The molecule has 0 aliphatic heterocycles. The van der Waals surface area contributed by atoms with Crippen LogP contribution in [-0.2, 0) is 0 Å². The van der Waals surface area contributed by atoms with Gasteiger partial charge in [-0.05, 0) is 18.9 Å². The van der Waals surface area contributed by atoms with E-state index < -0.39 is 0 Å². The van der Waals surface area contributed by atoms with Crippen molar-refractivity contribution in [1.29, 1.82) is 0 Å². The molecular weight excluding hydrogens is 248 g/mol. The topological polar surface area (TPSA) is 73.8 Å². The largest absolute Gasteiger partial charge is 0.397 e. The monoisotopic (exact) mass is 260 g/mol. The molecule has 2 aromatic rings. The molecule has 6 heteroatoms. The van der Waals surface area contributed by atoms with Crippen LogP contribution in [0.3, 0.4) is 0 Å². The summed E-state index contributed by atoms with van der Waals surface area (Å²) < 4.78 is 1.76. The SMILES string of the molecule is Nc1cnccc1Sc1nccn(C2CC2)c1=O. The molecule has 0 saturated heterocycles. The van der Waals surface area contributed by atoms with Crippen LogP contribution in [0.15, 0.2) is 45.6 Å². The van der Waals surface area contributed by atoms with Gasteiger partial charge in [0.1, 0.15) is 0 Å². The number of nitrogen functional groups attached to an aromatic ring is 1. The van der Waals surface area contributed by atoms with Crippen molar-refractivity contribution < 1.29 is 0 Å². The summed E-state index contributed by atoms with van der Waals surface area (Å²) >= 11 is 1.29. The van der Waals surface area contributed by atoms with Gasteiger partial charge in [0.05, 0.1) is 11.9 Å². The number of nitrogens with zero attached hydrogens (tertiary/aromatic N) is 3. The van der Waals surface area contributed by atoms with Gasteiger partial charge in [0.15, 0.2) is 5.03 Å². The summed E-state index contributed by atoms with van der Waals surface area (Å²) in [4.78, 5) is 21.1. The van der Waals surface area contributed by atoms with Gasteiger partial charge >= 0.3 is 0 Å². The Morgan fingerprint density at radius 1 is 1.39 bits per heavy atom. The molecule has 1 fully saturated rings. The highest BCUT2D eigenvalue weighted by Gasteiger charge is 2.25. The Labute approximate surface area is 108 Å². The third-order valence-corrected chi connectivity index (χ3v) is 3.86. The zero-order valence-corrected chi connectivity index (χ0v) is 10.4. The second-order valence-electron chi connectivity index (χ2n) is 4.19. The predicted octanol–water partition coefficient (Wildman–Crippen LogP) is 1.71. The maximum absolute atomic E-state index is 12.2. The van der Waals surface area contributed by atoms with Crippen molar-refractivity contribution >= 4 is 17.4 Å². The van der Waals surface area contributed by atoms with E-state index in [1.165, 1.54) is 11.8 Å². The van der Waals surface area contributed by atoms with Crippen LogP contribution >= 0.6 is 11.8 Å². The van der Waals surface area contributed by atoms with Gasteiger partial charge in [0, 0.05) is 29.5 Å². The first-order valence-electron chi connectivity index (χ1n) is 5.70. The standard InChI is InChI=1S/C12H12N4OS/c13-9-7-14-4-3-10(9)18-11-12(17)16(6-5-15-11)8-1-2-8/h3-8H,1-2,13H2. The third kappa shape index (κ3) is 2.11. The molecule has 0 aromatic carbocycles. The van der Waals surface area contributed by atoms with Gasteiger partial charge in [-0.25, -0.2) is 4.98 Å². The minimum Gasteiger partial charge on any atom is -0.397 e. The smallest absolute Gasteiger partial charge is 0.283 e. The lowest BCUT2D eigenvalue weighted by Gasteiger charge is -2.06. The lowest BCUT2D eigenvalue weighted by molar-refractivity contribution is 0.675.